The standard InChI is InChI=1S/C42H38ClF7N6O2S/c1-55-38-30(10-11-33(43)36(38)34(53-55)21-59(2,3)58)29-9-8-27(7-6-22-5-4-12-51-19-22)52-37(29)24(13-23-14-25(44)17-26(45)15-23)16-28(57)20-56-40-35(39(54-56)42(48,49)50)31-18-32(31)41(40,46)47/h8-11,14-15,17,22,24,31-32,51H,2,4-5,12-13,16,18-21H2,1,3H3/t22?,24-,31+,32-,59?/m1/s1. The minimum absolute atomic E-state index is 0.0131. The number of pyridine rings is 1. The minimum Gasteiger partial charge on any atom is -0.316 e. The van der Waals surface area contributed by atoms with Crippen LogP contribution in [-0.4, -0.2) is 59.8 Å². The van der Waals surface area contributed by atoms with Gasteiger partial charge in [0.2, 0.25) is 0 Å². The van der Waals surface area contributed by atoms with E-state index in [1.807, 2.05) is 0 Å². The fourth-order valence-electron chi connectivity index (χ4n) is 8.68. The van der Waals surface area contributed by atoms with E-state index in [4.69, 9.17) is 16.6 Å². The summed E-state index contributed by atoms with van der Waals surface area (Å²) in [6, 6.07) is 9.64. The summed E-state index contributed by atoms with van der Waals surface area (Å²) < 4.78 is 118. The van der Waals surface area contributed by atoms with Crippen LogP contribution in [0.3, 0.4) is 0 Å². The number of ketones is 1. The summed E-state index contributed by atoms with van der Waals surface area (Å²) in [5.41, 5.74) is -0.308. The first-order valence-electron chi connectivity index (χ1n) is 19.0. The fraction of sp³-hybridized carbons (Fsp3) is 0.405. The number of aromatic nitrogens is 5. The molecule has 2 fully saturated rings. The van der Waals surface area contributed by atoms with Crippen LogP contribution < -0.4 is 5.32 Å². The van der Waals surface area contributed by atoms with E-state index < -0.39 is 86.7 Å². The van der Waals surface area contributed by atoms with Gasteiger partial charge < -0.3 is 5.32 Å². The van der Waals surface area contributed by atoms with Gasteiger partial charge in [0, 0.05) is 72.2 Å². The molecule has 0 bridgehead atoms. The number of carbonyl (C=O) groups excluding carboxylic acids is 1. The number of hydrogen-bond donors (Lipinski definition) is 1. The molecule has 3 aromatic heterocycles. The van der Waals surface area contributed by atoms with Gasteiger partial charge in [0.25, 0.3) is 5.92 Å². The summed E-state index contributed by atoms with van der Waals surface area (Å²) >= 11 is 6.74. The van der Waals surface area contributed by atoms with E-state index in [2.05, 4.69) is 33.2 Å². The summed E-state index contributed by atoms with van der Waals surface area (Å²) in [6.45, 7) is 0.637. The molecule has 2 unspecified atom stereocenters. The van der Waals surface area contributed by atoms with Gasteiger partial charge >= 0.3 is 6.18 Å². The van der Waals surface area contributed by atoms with E-state index >= 15 is 8.78 Å². The third-order valence-electron chi connectivity index (χ3n) is 11.2. The first-order valence-corrected chi connectivity index (χ1v) is 21.7. The van der Waals surface area contributed by atoms with Crippen LogP contribution in [0.5, 0.6) is 0 Å². The van der Waals surface area contributed by atoms with Gasteiger partial charge in [-0.3, -0.25) is 18.4 Å². The van der Waals surface area contributed by atoms with Crippen molar-refractivity contribution in [3.05, 3.63) is 98.7 Å². The number of benzene rings is 2. The first kappa shape index (κ1) is 41.0. The van der Waals surface area contributed by atoms with Gasteiger partial charge in [-0.1, -0.05) is 23.6 Å². The molecule has 5 aromatic rings. The molecule has 2 aromatic carbocycles. The van der Waals surface area contributed by atoms with Crippen LogP contribution in [0.15, 0.2) is 42.5 Å². The van der Waals surface area contributed by atoms with Crippen LogP contribution in [0, 0.1) is 35.3 Å². The van der Waals surface area contributed by atoms with Crippen LogP contribution in [-0.2, 0) is 52.2 Å². The maximum absolute atomic E-state index is 15.5. The molecule has 3 aliphatic rings. The molecule has 8 nitrogen and oxygen atoms in total. The lowest BCUT2D eigenvalue weighted by Gasteiger charge is -2.22. The molecule has 17 heteroatoms. The lowest BCUT2D eigenvalue weighted by atomic mass is 9.86. The van der Waals surface area contributed by atoms with Crippen molar-refractivity contribution in [2.75, 3.05) is 19.3 Å². The van der Waals surface area contributed by atoms with E-state index in [0.29, 0.717) is 55.7 Å². The number of carbonyl (C=O) groups is 1. The smallest absolute Gasteiger partial charge is 0.316 e. The van der Waals surface area contributed by atoms with Crippen molar-refractivity contribution < 1.29 is 39.7 Å². The normalized spacial score (nSPS) is 21.0. The van der Waals surface area contributed by atoms with Crippen molar-refractivity contribution in [1.82, 2.24) is 29.9 Å². The second-order valence-corrected chi connectivity index (χ2v) is 19.0. The lowest BCUT2D eigenvalue weighted by Crippen LogP contribution is -2.28. The molecule has 1 aliphatic heterocycles. The van der Waals surface area contributed by atoms with Crippen molar-refractivity contribution in [1.29, 1.82) is 0 Å². The molecule has 1 N–H and O–H groups in total. The highest BCUT2D eigenvalue weighted by molar-refractivity contribution is 7.98. The number of nitrogens with one attached hydrogen (secondary N) is 1. The Morgan fingerprint density at radius 2 is 1.85 bits per heavy atom. The van der Waals surface area contributed by atoms with Crippen molar-refractivity contribution in [3.63, 3.8) is 0 Å². The summed E-state index contributed by atoms with van der Waals surface area (Å²) in [5, 5.41) is 12.3. The number of Topliss-reactive ketones (excluding diaryl/α,β-unsaturated/α-hetero) is 1. The average Bonchev–Trinajstić information content (AvgIpc) is 3.68. The number of aryl methyl sites for hydroxylation is 1. The Balaban J connectivity index is 1.27. The lowest BCUT2D eigenvalue weighted by molar-refractivity contribution is -0.142. The Morgan fingerprint density at radius 1 is 1.12 bits per heavy atom. The minimum atomic E-state index is -5.03. The Labute approximate surface area is 340 Å². The Bertz CT molecular complexity index is 2670. The number of rotatable bonds is 10. The molecule has 0 amide bonds. The van der Waals surface area contributed by atoms with E-state index in [9.17, 15) is 31.0 Å². The molecule has 8 rings (SSSR count). The molecule has 59 heavy (non-hydrogen) atoms. The van der Waals surface area contributed by atoms with Crippen molar-refractivity contribution in [3.8, 4) is 23.0 Å². The molecule has 1 saturated heterocycles. The van der Waals surface area contributed by atoms with Crippen LogP contribution in [0.1, 0.15) is 77.1 Å². The number of halogens is 8. The predicted octanol–water partition coefficient (Wildman–Crippen LogP) is 8.17. The second-order valence-electron chi connectivity index (χ2n) is 15.9. The molecule has 2 aliphatic carbocycles. The number of nitrogens with zero attached hydrogens (tertiary/aromatic N) is 5. The van der Waals surface area contributed by atoms with Crippen LogP contribution in [0.4, 0.5) is 30.7 Å². The summed E-state index contributed by atoms with van der Waals surface area (Å²) in [7, 11) is -0.902. The van der Waals surface area contributed by atoms with Crippen LogP contribution >= 0.6 is 11.6 Å². The molecule has 0 radical (unpaired) electrons. The maximum Gasteiger partial charge on any atom is 0.435 e. The van der Waals surface area contributed by atoms with E-state index in [-0.39, 0.29) is 35.8 Å². The van der Waals surface area contributed by atoms with Crippen LogP contribution in [0.25, 0.3) is 22.0 Å². The molecule has 1 saturated carbocycles. The summed E-state index contributed by atoms with van der Waals surface area (Å²) in [4.78, 5) is 19.1. The highest BCUT2D eigenvalue weighted by Gasteiger charge is 2.68. The van der Waals surface area contributed by atoms with Gasteiger partial charge in [-0.05, 0) is 95.4 Å². The zero-order chi connectivity index (χ0) is 42.2. The number of hydrogen-bond acceptors (Lipinski definition) is 6. The Hall–Kier alpha value is -4.72. The van der Waals surface area contributed by atoms with Crippen molar-refractivity contribution in [2.45, 2.75) is 68.3 Å². The molecule has 4 heterocycles. The van der Waals surface area contributed by atoms with Crippen molar-refractivity contribution >= 4 is 43.7 Å². The van der Waals surface area contributed by atoms with E-state index in [1.54, 1.807) is 36.0 Å². The highest BCUT2D eigenvalue weighted by atomic mass is 35.5. The molecule has 310 valence electrons. The third-order valence-corrected chi connectivity index (χ3v) is 12.4. The molecule has 0 spiro atoms. The number of piperidine rings is 1. The Morgan fingerprint density at radius 3 is 2.53 bits per heavy atom. The van der Waals surface area contributed by atoms with Gasteiger partial charge in [-0.2, -0.15) is 32.1 Å². The monoisotopic (exact) mass is 858 g/mol. The zero-order valence-corrected chi connectivity index (χ0v) is 33.5. The SMILES string of the molecule is C=S(C)(=O)Cc1nn(C)c2c(-c3ccc(C#CC4CCCNC4)nc3[C@@H](CC(=O)Cn3nc(C(F)(F)F)c4c3C(F)(F)[C@@H]3C[C@H]43)Cc3cc(F)cc(F)c3)ccc(Cl)c12. The van der Waals surface area contributed by atoms with Gasteiger partial charge in [0.15, 0.2) is 11.5 Å². The van der Waals surface area contributed by atoms with E-state index in [0.717, 1.165) is 31.5 Å². The van der Waals surface area contributed by atoms with Gasteiger partial charge in [-0.25, -0.2) is 13.8 Å². The molecular formula is C42H38ClF7N6O2S. The zero-order valence-electron chi connectivity index (χ0n) is 31.9. The topological polar surface area (TPSA) is 94.7 Å². The summed E-state index contributed by atoms with van der Waals surface area (Å²) in [6.07, 6.45) is -2.53. The first-order chi connectivity index (χ1) is 27.8. The van der Waals surface area contributed by atoms with Crippen molar-refractivity contribution in [2.24, 2.45) is 18.9 Å². The number of fused-ring (bicyclic) bond motifs is 4. The Kier molecular flexibility index (Phi) is 10.5. The van der Waals surface area contributed by atoms with Crippen LogP contribution in [0.2, 0.25) is 5.02 Å². The molecule has 5 atom stereocenters. The predicted molar refractivity (Wildman–Crippen MR) is 211 cm³/mol. The van der Waals surface area contributed by atoms with Gasteiger partial charge in [0.1, 0.15) is 29.6 Å². The number of alkyl halides is 5. The average molecular weight is 859 g/mol. The maximum atomic E-state index is 15.5. The highest BCUT2D eigenvalue weighted by Crippen LogP contribution is 2.68. The summed E-state index contributed by atoms with van der Waals surface area (Å²) in [5.74, 6) is 0.710. The third kappa shape index (κ3) is 8.13. The fourth-order valence-corrected chi connectivity index (χ4v) is 9.72. The second kappa shape index (κ2) is 15.1. The van der Waals surface area contributed by atoms with E-state index in [1.165, 1.54) is 6.26 Å². The van der Waals surface area contributed by atoms with Gasteiger partial charge in [0.05, 0.1) is 27.7 Å². The quantitative estimate of drug-likeness (QED) is 0.0866. The molecular weight excluding hydrogens is 821 g/mol. The largest absolute Gasteiger partial charge is 0.435 e. The van der Waals surface area contributed by atoms with Gasteiger partial charge in [-0.15, -0.1) is 0 Å².